The molecule has 3 N–H and O–H groups in total. The van der Waals surface area contributed by atoms with E-state index in [1.54, 1.807) is 42.7 Å². The molecule has 0 bridgehead atoms. The Bertz CT molecular complexity index is 1240. The lowest BCUT2D eigenvalue weighted by Gasteiger charge is -2.11. The number of hydrogen-bond donors (Lipinski definition) is 3. The Hall–Kier alpha value is -3.63. The van der Waals surface area contributed by atoms with Crippen molar-refractivity contribution < 1.29 is 14.3 Å². The number of rotatable bonds is 10. The van der Waals surface area contributed by atoms with E-state index < -0.39 is 0 Å². The molecule has 0 radical (unpaired) electrons. The Kier molecular flexibility index (Phi) is 7.95. The number of benzene rings is 2. The minimum absolute atomic E-state index is 0.120. The molecule has 0 saturated heterocycles. The average molecular weight is 494 g/mol. The summed E-state index contributed by atoms with van der Waals surface area (Å²) in [5.74, 6) is 1.10. The van der Waals surface area contributed by atoms with E-state index in [9.17, 15) is 9.59 Å². The third kappa shape index (κ3) is 6.24. The van der Waals surface area contributed by atoms with Crippen molar-refractivity contribution in [3.8, 4) is 16.5 Å². The van der Waals surface area contributed by atoms with Gasteiger partial charge in [0.2, 0.25) is 11.1 Å². The summed E-state index contributed by atoms with van der Waals surface area (Å²) in [4.78, 5) is 30.6. The fourth-order valence-electron chi connectivity index (χ4n) is 3.15. The van der Waals surface area contributed by atoms with E-state index in [2.05, 4.69) is 25.8 Å². The molecule has 174 valence electrons. The third-order valence-corrected chi connectivity index (χ3v) is 6.58. The number of aromatic nitrogens is 3. The van der Waals surface area contributed by atoms with E-state index in [0.717, 1.165) is 16.2 Å². The third-order valence-electron chi connectivity index (χ3n) is 4.86. The molecule has 10 heteroatoms. The van der Waals surface area contributed by atoms with E-state index in [1.807, 2.05) is 41.8 Å². The van der Waals surface area contributed by atoms with Crippen molar-refractivity contribution in [1.82, 2.24) is 20.5 Å². The number of aromatic amines is 1. The summed E-state index contributed by atoms with van der Waals surface area (Å²) in [5, 5.41) is 15.2. The zero-order valence-corrected chi connectivity index (χ0v) is 20.0. The topological polar surface area (TPSA) is 109 Å². The number of para-hydroxylation sites is 1. The highest BCUT2D eigenvalue weighted by molar-refractivity contribution is 7.99. The van der Waals surface area contributed by atoms with Crippen LogP contribution in [0.4, 0.5) is 5.69 Å². The van der Waals surface area contributed by atoms with Gasteiger partial charge in [0, 0.05) is 6.54 Å². The number of thiophene rings is 1. The van der Waals surface area contributed by atoms with Gasteiger partial charge in [-0.05, 0) is 47.7 Å². The molecule has 0 unspecified atom stereocenters. The summed E-state index contributed by atoms with van der Waals surface area (Å²) in [6.45, 7) is 0.473. The van der Waals surface area contributed by atoms with Crippen molar-refractivity contribution in [1.29, 1.82) is 0 Å². The zero-order chi connectivity index (χ0) is 23.8. The van der Waals surface area contributed by atoms with Gasteiger partial charge in [-0.1, -0.05) is 42.1 Å². The first-order valence-corrected chi connectivity index (χ1v) is 12.4. The molecule has 2 aromatic heterocycles. The second kappa shape index (κ2) is 11.5. The second-order valence-corrected chi connectivity index (χ2v) is 9.07. The summed E-state index contributed by atoms with van der Waals surface area (Å²) in [6.07, 6.45) is 0.686. The highest BCUT2D eigenvalue weighted by Gasteiger charge is 2.14. The zero-order valence-electron chi connectivity index (χ0n) is 18.4. The summed E-state index contributed by atoms with van der Waals surface area (Å²) in [7, 11) is 1.63. The summed E-state index contributed by atoms with van der Waals surface area (Å²) in [6, 6.07) is 18.5. The van der Waals surface area contributed by atoms with E-state index in [0.29, 0.717) is 35.2 Å². The molecule has 2 aromatic carbocycles. The van der Waals surface area contributed by atoms with Gasteiger partial charge in [-0.25, -0.2) is 4.98 Å². The molecular formula is C24H23N5O3S2. The second-order valence-electron chi connectivity index (χ2n) is 7.18. The van der Waals surface area contributed by atoms with Crippen LogP contribution in [0.1, 0.15) is 15.9 Å². The maximum absolute atomic E-state index is 12.7. The van der Waals surface area contributed by atoms with Crippen LogP contribution in [0.15, 0.2) is 71.2 Å². The summed E-state index contributed by atoms with van der Waals surface area (Å²) >= 11 is 2.78. The number of methoxy groups -OCH3 is 1. The molecule has 0 aliphatic carbocycles. The number of amides is 2. The van der Waals surface area contributed by atoms with Crippen LogP contribution in [-0.2, 0) is 11.2 Å². The number of hydrogen-bond acceptors (Lipinski definition) is 7. The molecule has 34 heavy (non-hydrogen) atoms. The van der Waals surface area contributed by atoms with E-state index >= 15 is 0 Å². The van der Waals surface area contributed by atoms with E-state index in [1.165, 1.54) is 11.8 Å². The van der Waals surface area contributed by atoms with Crippen LogP contribution >= 0.6 is 23.1 Å². The first kappa shape index (κ1) is 23.5. The Morgan fingerprint density at radius 2 is 1.91 bits per heavy atom. The quantitative estimate of drug-likeness (QED) is 0.285. The van der Waals surface area contributed by atoms with Gasteiger partial charge in [-0.2, -0.15) is 0 Å². The monoisotopic (exact) mass is 493 g/mol. The van der Waals surface area contributed by atoms with Crippen LogP contribution in [0.3, 0.4) is 0 Å². The number of H-pyrrole nitrogens is 1. The maximum atomic E-state index is 12.7. The van der Waals surface area contributed by atoms with Crippen LogP contribution in [0.2, 0.25) is 0 Å². The summed E-state index contributed by atoms with van der Waals surface area (Å²) < 4.78 is 5.16. The maximum Gasteiger partial charge on any atom is 0.253 e. The number of ether oxygens (including phenoxy) is 1. The highest BCUT2D eigenvalue weighted by Crippen LogP contribution is 2.23. The van der Waals surface area contributed by atoms with Gasteiger partial charge in [0.15, 0.2) is 5.82 Å². The van der Waals surface area contributed by atoms with Crippen LogP contribution in [0.25, 0.3) is 10.7 Å². The molecule has 0 atom stereocenters. The standard InChI is InChI=1S/C24H23N5O3S2/c1-32-17-10-8-16(9-11-17)12-13-25-23(31)18-5-2-3-6-19(18)26-21(30)15-34-24-27-22(28-29-24)20-7-4-14-33-20/h2-11,14H,12-13,15H2,1H3,(H,25,31)(H,26,30)(H,27,28,29). The smallest absolute Gasteiger partial charge is 0.253 e. The van der Waals surface area contributed by atoms with Gasteiger partial charge >= 0.3 is 0 Å². The predicted octanol–water partition coefficient (Wildman–Crippen LogP) is 4.25. The normalized spacial score (nSPS) is 10.6. The Balaban J connectivity index is 1.28. The van der Waals surface area contributed by atoms with Gasteiger partial charge in [0.1, 0.15) is 5.75 Å². The highest BCUT2D eigenvalue weighted by atomic mass is 32.2. The van der Waals surface area contributed by atoms with Crippen LogP contribution < -0.4 is 15.4 Å². The average Bonchev–Trinajstić information content (AvgIpc) is 3.56. The van der Waals surface area contributed by atoms with Crippen molar-refractivity contribution in [2.24, 2.45) is 0 Å². The molecule has 0 spiro atoms. The Morgan fingerprint density at radius 3 is 2.68 bits per heavy atom. The minimum Gasteiger partial charge on any atom is -0.497 e. The lowest BCUT2D eigenvalue weighted by atomic mass is 10.1. The number of thioether (sulfide) groups is 1. The number of nitrogens with one attached hydrogen (secondary N) is 3. The van der Waals surface area contributed by atoms with Crippen LogP contribution in [-0.4, -0.2) is 46.4 Å². The molecule has 0 aliphatic heterocycles. The van der Waals surface area contributed by atoms with E-state index in [-0.39, 0.29) is 17.6 Å². The van der Waals surface area contributed by atoms with Crippen molar-refractivity contribution >= 4 is 40.6 Å². The van der Waals surface area contributed by atoms with Gasteiger partial charge in [-0.3, -0.25) is 14.7 Å². The number of carbonyl (C=O) groups is 2. The number of carbonyl (C=O) groups excluding carboxylic acids is 2. The molecule has 0 aliphatic rings. The largest absolute Gasteiger partial charge is 0.497 e. The van der Waals surface area contributed by atoms with Gasteiger partial charge in [0.25, 0.3) is 5.91 Å². The fourth-order valence-corrected chi connectivity index (χ4v) is 4.41. The van der Waals surface area contributed by atoms with Crippen molar-refractivity contribution in [2.75, 3.05) is 24.7 Å². The minimum atomic E-state index is -0.244. The van der Waals surface area contributed by atoms with Crippen molar-refractivity contribution in [3.63, 3.8) is 0 Å². The van der Waals surface area contributed by atoms with E-state index in [4.69, 9.17) is 4.74 Å². The molecule has 8 nitrogen and oxygen atoms in total. The summed E-state index contributed by atoms with van der Waals surface area (Å²) in [5.41, 5.74) is 1.96. The Labute approximate surface area is 205 Å². The molecular weight excluding hydrogens is 470 g/mol. The van der Waals surface area contributed by atoms with Gasteiger partial charge in [0.05, 0.1) is 29.0 Å². The molecule has 2 amide bonds. The van der Waals surface area contributed by atoms with Crippen LogP contribution in [0.5, 0.6) is 5.75 Å². The molecule has 2 heterocycles. The van der Waals surface area contributed by atoms with Gasteiger partial charge in [-0.15, -0.1) is 16.4 Å². The Morgan fingerprint density at radius 1 is 1.09 bits per heavy atom. The van der Waals surface area contributed by atoms with Crippen molar-refractivity contribution in [2.45, 2.75) is 11.6 Å². The molecule has 0 saturated carbocycles. The first-order chi connectivity index (χ1) is 16.6. The lowest BCUT2D eigenvalue weighted by molar-refractivity contribution is -0.113. The lowest BCUT2D eigenvalue weighted by Crippen LogP contribution is -2.27. The predicted molar refractivity (Wildman–Crippen MR) is 135 cm³/mol. The molecule has 0 fully saturated rings. The first-order valence-electron chi connectivity index (χ1n) is 10.5. The fraction of sp³-hybridized carbons (Fsp3) is 0.167. The van der Waals surface area contributed by atoms with Crippen molar-refractivity contribution in [3.05, 3.63) is 77.2 Å². The number of anilines is 1. The molecule has 4 rings (SSSR count). The SMILES string of the molecule is COc1ccc(CCNC(=O)c2ccccc2NC(=O)CSc2n[nH]c(-c3cccs3)n2)cc1. The number of nitrogens with zero attached hydrogens (tertiary/aromatic N) is 2. The molecule has 4 aromatic rings. The van der Waals surface area contributed by atoms with Gasteiger partial charge < -0.3 is 15.4 Å². The van der Waals surface area contributed by atoms with Crippen LogP contribution in [0, 0.1) is 0 Å².